The molecular formula is C12H17NOS2. The van der Waals surface area contributed by atoms with E-state index in [0.29, 0.717) is 12.0 Å². The third-order valence-electron chi connectivity index (χ3n) is 3.12. The second-order valence-corrected chi connectivity index (χ2v) is 5.80. The average molecular weight is 255 g/mol. The van der Waals surface area contributed by atoms with Crippen molar-refractivity contribution in [3.8, 4) is 0 Å². The molecule has 1 fully saturated rings. The molecule has 0 aromatic carbocycles. The van der Waals surface area contributed by atoms with Crippen molar-refractivity contribution in [3.05, 3.63) is 27.7 Å². The molecule has 2 rings (SSSR count). The van der Waals surface area contributed by atoms with Crippen LogP contribution in [0.3, 0.4) is 0 Å². The Morgan fingerprint density at radius 2 is 2.50 bits per heavy atom. The second-order valence-electron chi connectivity index (χ2n) is 4.30. The van der Waals surface area contributed by atoms with Crippen LogP contribution in [0.25, 0.3) is 0 Å². The van der Waals surface area contributed by atoms with Crippen molar-refractivity contribution in [2.75, 3.05) is 0 Å². The topological polar surface area (TPSA) is 14.2 Å². The van der Waals surface area contributed by atoms with Crippen molar-refractivity contribution >= 4 is 23.6 Å². The molecule has 0 N–H and O–H groups in total. The summed E-state index contributed by atoms with van der Waals surface area (Å²) in [6.07, 6.45) is 6.97. The fourth-order valence-electron chi connectivity index (χ4n) is 2.26. The van der Waals surface area contributed by atoms with Gasteiger partial charge in [-0.25, -0.2) is 0 Å². The van der Waals surface area contributed by atoms with Crippen LogP contribution in [0.5, 0.6) is 0 Å². The second kappa shape index (κ2) is 5.15. The van der Waals surface area contributed by atoms with Crippen LogP contribution in [0.4, 0.5) is 0 Å². The van der Waals surface area contributed by atoms with Gasteiger partial charge in [-0.05, 0) is 44.8 Å². The number of rotatable bonds is 4. The first-order valence-electron chi connectivity index (χ1n) is 5.67. The molecule has 4 heteroatoms. The zero-order valence-corrected chi connectivity index (χ0v) is 11.1. The third kappa shape index (κ3) is 2.38. The zero-order chi connectivity index (χ0) is 11.5. The molecule has 0 spiro atoms. The Morgan fingerprint density at radius 1 is 1.69 bits per heavy atom. The molecule has 88 valence electrons. The highest BCUT2D eigenvalue weighted by atomic mass is 32.1. The lowest BCUT2D eigenvalue weighted by Gasteiger charge is -2.20. The molecule has 0 unspecified atom stereocenters. The SMILES string of the molecule is C=CC[C@@H]1CCC[C@@H]1On1c(C)csc1=S. The molecule has 0 bridgehead atoms. The number of nitrogens with zero attached hydrogens (tertiary/aromatic N) is 1. The van der Waals surface area contributed by atoms with Gasteiger partial charge in [-0.2, -0.15) is 4.73 Å². The summed E-state index contributed by atoms with van der Waals surface area (Å²) in [7, 11) is 0. The summed E-state index contributed by atoms with van der Waals surface area (Å²) >= 11 is 6.81. The number of hydrogen-bond donors (Lipinski definition) is 0. The lowest BCUT2D eigenvalue weighted by Crippen LogP contribution is -2.29. The number of hydrogen-bond acceptors (Lipinski definition) is 3. The van der Waals surface area contributed by atoms with Gasteiger partial charge in [0.05, 0.1) is 5.69 Å². The fraction of sp³-hybridized carbons (Fsp3) is 0.583. The van der Waals surface area contributed by atoms with E-state index in [-0.39, 0.29) is 0 Å². The molecule has 0 aliphatic heterocycles. The van der Waals surface area contributed by atoms with E-state index in [1.807, 2.05) is 23.1 Å². The van der Waals surface area contributed by atoms with E-state index in [1.165, 1.54) is 12.8 Å². The Balaban J connectivity index is 2.09. The monoisotopic (exact) mass is 255 g/mol. The molecule has 1 heterocycles. The normalized spacial score (nSPS) is 24.6. The molecule has 2 nitrogen and oxygen atoms in total. The summed E-state index contributed by atoms with van der Waals surface area (Å²) in [6, 6.07) is 0. The number of allylic oxidation sites excluding steroid dienone is 1. The summed E-state index contributed by atoms with van der Waals surface area (Å²) in [5.74, 6) is 0.610. The molecule has 1 saturated carbocycles. The van der Waals surface area contributed by atoms with Crippen LogP contribution in [-0.4, -0.2) is 10.8 Å². The molecule has 1 aliphatic carbocycles. The van der Waals surface area contributed by atoms with E-state index in [0.717, 1.165) is 22.5 Å². The molecule has 16 heavy (non-hydrogen) atoms. The minimum absolute atomic E-state index is 0.304. The average Bonchev–Trinajstić information content (AvgIpc) is 2.81. The summed E-state index contributed by atoms with van der Waals surface area (Å²) in [5, 5.41) is 2.04. The lowest BCUT2D eigenvalue weighted by molar-refractivity contribution is 0.0110. The van der Waals surface area contributed by atoms with Crippen LogP contribution in [0.2, 0.25) is 0 Å². The van der Waals surface area contributed by atoms with Crippen LogP contribution < -0.4 is 4.84 Å². The quantitative estimate of drug-likeness (QED) is 0.601. The Labute approximate surface area is 106 Å². The van der Waals surface area contributed by atoms with E-state index in [4.69, 9.17) is 17.1 Å². The maximum atomic E-state index is 6.02. The predicted molar refractivity (Wildman–Crippen MR) is 70.4 cm³/mol. The summed E-state index contributed by atoms with van der Waals surface area (Å²) in [6.45, 7) is 5.84. The fourth-order valence-corrected chi connectivity index (χ4v) is 3.24. The van der Waals surface area contributed by atoms with Gasteiger partial charge in [0.15, 0.2) is 3.95 Å². The molecule has 2 atom stereocenters. The van der Waals surface area contributed by atoms with Crippen LogP contribution in [-0.2, 0) is 0 Å². The minimum atomic E-state index is 0.304. The van der Waals surface area contributed by atoms with Crippen LogP contribution >= 0.6 is 23.6 Å². The Morgan fingerprint density at radius 3 is 3.12 bits per heavy atom. The van der Waals surface area contributed by atoms with Gasteiger partial charge in [0, 0.05) is 11.3 Å². The molecule has 1 aromatic heterocycles. The van der Waals surface area contributed by atoms with Gasteiger partial charge in [-0.3, -0.25) is 0 Å². The van der Waals surface area contributed by atoms with Crippen molar-refractivity contribution in [2.45, 2.75) is 38.7 Å². The van der Waals surface area contributed by atoms with Crippen molar-refractivity contribution in [2.24, 2.45) is 5.92 Å². The first-order valence-corrected chi connectivity index (χ1v) is 6.96. The van der Waals surface area contributed by atoms with Gasteiger partial charge in [-0.15, -0.1) is 17.9 Å². The van der Waals surface area contributed by atoms with Crippen molar-refractivity contribution in [1.82, 2.24) is 4.73 Å². The first-order chi connectivity index (χ1) is 7.72. The van der Waals surface area contributed by atoms with Gasteiger partial charge in [0.25, 0.3) is 0 Å². The van der Waals surface area contributed by atoms with Crippen LogP contribution in [0, 0.1) is 16.8 Å². The Kier molecular flexibility index (Phi) is 3.82. The van der Waals surface area contributed by atoms with Crippen LogP contribution in [0.1, 0.15) is 31.4 Å². The maximum Gasteiger partial charge on any atom is 0.196 e. The number of aryl methyl sites for hydroxylation is 1. The molecular weight excluding hydrogens is 238 g/mol. The van der Waals surface area contributed by atoms with E-state index < -0.39 is 0 Å². The molecule has 0 saturated heterocycles. The van der Waals surface area contributed by atoms with Crippen molar-refractivity contribution < 1.29 is 4.84 Å². The summed E-state index contributed by atoms with van der Waals surface area (Å²) in [4.78, 5) is 6.02. The highest BCUT2D eigenvalue weighted by Gasteiger charge is 2.28. The molecule has 0 radical (unpaired) electrons. The summed E-state index contributed by atoms with van der Waals surface area (Å²) in [5.41, 5.74) is 1.10. The van der Waals surface area contributed by atoms with E-state index in [1.54, 1.807) is 11.3 Å². The van der Waals surface area contributed by atoms with Gasteiger partial charge in [0.2, 0.25) is 0 Å². The van der Waals surface area contributed by atoms with Crippen LogP contribution in [0.15, 0.2) is 18.0 Å². The van der Waals surface area contributed by atoms with Gasteiger partial charge in [-0.1, -0.05) is 6.08 Å². The third-order valence-corrected chi connectivity index (χ3v) is 4.40. The number of thiazole rings is 1. The largest absolute Gasteiger partial charge is 0.408 e. The zero-order valence-electron chi connectivity index (χ0n) is 9.52. The standard InChI is InChI=1S/C12H17NOS2/c1-3-5-10-6-4-7-11(10)14-13-9(2)8-16-12(13)15/h3,8,10-11H,1,4-7H2,2H3/t10-,11+/m1/s1. The maximum absolute atomic E-state index is 6.02. The smallest absolute Gasteiger partial charge is 0.196 e. The van der Waals surface area contributed by atoms with Gasteiger partial charge in [0.1, 0.15) is 6.10 Å². The van der Waals surface area contributed by atoms with E-state index >= 15 is 0 Å². The molecule has 1 aromatic rings. The summed E-state index contributed by atoms with van der Waals surface area (Å²) < 4.78 is 2.62. The Bertz CT molecular complexity index is 421. The van der Waals surface area contributed by atoms with Gasteiger partial charge >= 0.3 is 0 Å². The predicted octanol–water partition coefficient (Wildman–Crippen LogP) is 3.76. The highest BCUT2D eigenvalue weighted by molar-refractivity contribution is 7.73. The first kappa shape index (κ1) is 11.9. The van der Waals surface area contributed by atoms with E-state index in [2.05, 4.69) is 6.58 Å². The van der Waals surface area contributed by atoms with E-state index in [9.17, 15) is 0 Å². The van der Waals surface area contributed by atoms with Crippen molar-refractivity contribution in [3.63, 3.8) is 0 Å². The highest BCUT2D eigenvalue weighted by Crippen LogP contribution is 2.30. The number of aromatic nitrogens is 1. The van der Waals surface area contributed by atoms with Gasteiger partial charge < -0.3 is 4.84 Å². The van der Waals surface area contributed by atoms with Crippen molar-refractivity contribution in [1.29, 1.82) is 0 Å². The molecule has 1 aliphatic rings. The molecule has 0 amide bonds. The minimum Gasteiger partial charge on any atom is -0.408 e. The Hall–Kier alpha value is -0.610. The lowest BCUT2D eigenvalue weighted by atomic mass is 10.0.